The predicted molar refractivity (Wildman–Crippen MR) is 105 cm³/mol. The standard InChI is InChI=1S/C19H19F2N5O2S/c1-2-16(27)19(28)23-17-9-13(24-29-17)11-25-3-5-26(6-4-25)18-14(20)7-12(10-22)8-15(18)21/h7-9H,2-6,11H2,1H3,(H,23,28). The fraction of sp³-hybridized carbons (Fsp3) is 0.368. The maximum atomic E-state index is 14.2. The Balaban J connectivity index is 1.57. The quantitative estimate of drug-likeness (QED) is 0.724. The molecule has 0 bridgehead atoms. The number of benzene rings is 1. The van der Waals surface area contributed by atoms with Gasteiger partial charge in [0.15, 0.2) is 11.6 Å². The van der Waals surface area contributed by atoms with Crippen molar-refractivity contribution >= 4 is 33.9 Å². The minimum Gasteiger partial charge on any atom is -0.364 e. The Hall–Kier alpha value is -2.90. The minimum absolute atomic E-state index is 0.0468. The van der Waals surface area contributed by atoms with Crippen LogP contribution in [0.3, 0.4) is 0 Å². The molecule has 29 heavy (non-hydrogen) atoms. The molecule has 152 valence electrons. The topological polar surface area (TPSA) is 89.3 Å². The molecular formula is C19H19F2N5O2S. The van der Waals surface area contributed by atoms with Gasteiger partial charge in [-0.15, -0.1) is 0 Å². The fourth-order valence-electron chi connectivity index (χ4n) is 3.08. The largest absolute Gasteiger partial charge is 0.364 e. The molecule has 1 N–H and O–H groups in total. The zero-order valence-electron chi connectivity index (χ0n) is 15.7. The van der Waals surface area contributed by atoms with Crippen LogP contribution in [0.15, 0.2) is 18.2 Å². The first kappa shape index (κ1) is 20.8. The van der Waals surface area contributed by atoms with Crippen molar-refractivity contribution in [2.24, 2.45) is 0 Å². The van der Waals surface area contributed by atoms with E-state index in [2.05, 4.69) is 14.6 Å². The average Bonchev–Trinajstić information content (AvgIpc) is 3.14. The highest BCUT2D eigenvalue weighted by atomic mass is 32.1. The van der Waals surface area contributed by atoms with Gasteiger partial charge in [0.05, 0.1) is 17.3 Å². The van der Waals surface area contributed by atoms with E-state index in [4.69, 9.17) is 5.26 Å². The molecule has 0 aliphatic carbocycles. The predicted octanol–water partition coefficient (Wildman–Crippen LogP) is 2.53. The van der Waals surface area contributed by atoms with E-state index in [9.17, 15) is 18.4 Å². The molecule has 0 radical (unpaired) electrons. The van der Waals surface area contributed by atoms with Crippen LogP contribution in [0.5, 0.6) is 0 Å². The molecule has 2 heterocycles. The lowest BCUT2D eigenvalue weighted by Gasteiger charge is -2.36. The Kier molecular flexibility index (Phi) is 6.51. The number of piperazine rings is 1. The fourth-order valence-corrected chi connectivity index (χ4v) is 3.73. The van der Waals surface area contributed by atoms with E-state index >= 15 is 0 Å². The third-order valence-corrected chi connectivity index (χ3v) is 5.33. The number of aromatic nitrogens is 1. The average molecular weight is 419 g/mol. The summed E-state index contributed by atoms with van der Waals surface area (Å²) >= 11 is 1.10. The second-order valence-electron chi connectivity index (χ2n) is 6.58. The van der Waals surface area contributed by atoms with Crippen LogP contribution in [-0.4, -0.2) is 47.1 Å². The Bertz CT molecular complexity index is 941. The van der Waals surface area contributed by atoms with Crippen LogP contribution in [0, 0.1) is 23.0 Å². The Morgan fingerprint density at radius 3 is 2.45 bits per heavy atom. The lowest BCUT2D eigenvalue weighted by atomic mass is 10.1. The molecule has 1 aromatic carbocycles. The maximum absolute atomic E-state index is 14.2. The number of Topliss-reactive ketones (excluding diaryl/α,β-unsaturated/α-hetero) is 1. The number of amides is 1. The molecule has 0 spiro atoms. The third-order valence-electron chi connectivity index (χ3n) is 4.59. The molecule has 1 aromatic heterocycles. The molecule has 1 amide bonds. The SMILES string of the molecule is CCC(=O)C(=O)Nc1cc(CN2CCN(c3c(F)cc(C#N)cc3F)CC2)ns1. The number of anilines is 2. The molecule has 0 unspecified atom stereocenters. The summed E-state index contributed by atoms with van der Waals surface area (Å²) in [4.78, 5) is 26.7. The summed E-state index contributed by atoms with van der Waals surface area (Å²) in [5, 5.41) is 11.8. The van der Waals surface area contributed by atoms with Crippen LogP contribution in [-0.2, 0) is 16.1 Å². The van der Waals surface area contributed by atoms with Gasteiger partial charge in [-0.05, 0) is 29.7 Å². The van der Waals surface area contributed by atoms with Gasteiger partial charge in [-0.1, -0.05) is 6.92 Å². The highest BCUT2D eigenvalue weighted by Crippen LogP contribution is 2.26. The van der Waals surface area contributed by atoms with Gasteiger partial charge >= 0.3 is 0 Å². The lowest BCUT2D eigenvalue weighted by molar-refractivity contribution is -0.134. The summed E-state index contributed by atoms with van der Waals surface area (Å²) in [6, 6.07) is 5.54. The molecule has 1 aliphatic heterocycles. The second-order valence-corrected chi connectivity index (χ2v) is 7.38. The molecule has 2 aromatic rings. The number of rotatable bonds is 6. The molecule has 1 aliphatic rings. The zero-order valence-corrected chi connectivity index (χ0v) is 16.6. The number of carbonyl (C=O) groups is 2. The molecule has 0 atom stereocenters. The van der Waals surface area contributed by atoms with E-state index in [1.165, 1.54) is 0 Å². The first-order valence-corrected chi connectivity index (χ1v) is 9.84. The Morgan fingerprint density at radius 1 is 1.21 bits per heavy atom. The van der Waals surface area contributed by atoms with Gasteiger partial charge < -0.3 is 10.2 Å². The van der Waals surface area contributed by atoms with Crippen molar-refractivity contribution in [3.05, 3.63) is 41.1 Å². The van der Waals surface area contributed by atoms with Crippen LogP contribution < -0.4 is 10.2 Å². The van der Waals surface area contributed by atoms with Gasteiger partial charge in [0.25, 0.3) is 5.91 Å². The summed E-state index contributed by atoms with van der Waals surface area (Å²) < 4.78 is 32.7. The second kappa shape index (κ2) is 9.07. The summed E-state index contributed by atoms with van der Waals surface area (Å²) in [6.07, 6.45) is 0.141. The molecule has 7 nitrogen and oxygen atoms in total. The van der Waals surface area contributed by atoms with Crippen LogP contribution >= 0.6 is 11.5 Å². The van der Waals surface area contributed by atoms with Crippen molar-refractivity contribution < 1.29 is 18.4 Å². The molecule has 1 saturated heterocycles. The number of carbonyl (C=O) groups excluding carboxylic acids is 2. The summed E-state index contributed by atoms with van der Waals surface area (Å²) in [5.74, 6) is -2.62. The normalized spacial score (nSPS) is 14.5. The summed E-state index contributed by atoms with van der Waals surface area (Å²) in [7, 11) is 0. The maximum Gasteiger partial charge on any atom is 0.292 e. The first-order chi connectivity index (χ1) is 13.9. The molecule has 3 rings (SSSR count). The summed E-state index contributed by atoms with van der Waals surface area (Å²) in [5.41, 5.74) is 0.593. The number of halogens is 2. The van der Waals surface area contributed by atoms with E-state index in [-0.39, 0.29) is 17.7 Å². The van der Waals surface area contributed by atoms with Gasteiger partial charge in [0.2, 0.25) is 5.78 Å². The third kappa shape index (κ3) is 4.93. The molecular weight excluding hydrogens is 400 g/mol. The Labute approximate surface area is 170 Å². The Morgan fingerprint density at radius 2 is 1.86 bits per heavy atom. The zero-order chi connectivity index (χ0) is 21.0. The van der Waals surface area contributed by atoms with Crippen LogP contribution in [0.25, 0.3) is 0 Å². The van der Waals surface area contributed by atoms with Crippen molar-refractivity contribution in [1.29, 1.82) is 5.26 Å². The lowest BCUT2D eigenvalue weighted by Crippen LogP contribution is -2.46. The smallest absolute Gasteiger partial charge is 0.292 e. The minimum atomic E-state index is -0.739. The molecule has 10 heteroatoms. The number of hydrogen-bond donors (Lipinski definition) is 1. The monoisotopic (exact) mass is 419 g/mol. The van der Waals surface area contributed by atoms with Crippen molar-refractivity contribution in [3.8, 4) is 6.07 Å². The van der Waals surface area contributed by atoms with Gasteiger partial charge in [0, 0.05) is 39.1 Å². The van der Waals surface area contributed by atoms with E-state index in [0.29, 0.717) is 37.7 Å². The van der Waals surface area contributed by atoms with Crippen molar-refractivity contribution in [2.75, 3.05) is 36.4 Å². The van der Waals surface area contributed by atoms with Crippen LogP contribution in [0.1, 0.15) is 24.6 Å². The highest BCUT2D eigenvalue weighted by molar-refractivity contribution is 7.10. The van der Waals surface area contributed by atoms with E-state index in [1.807, 2.05) is 0 Å². The number of nitrogens with zero attached hydrogens (tertiary/aromatic N) is 4. The van der Waals surface area contributed by atoms with Crippen molar-refractivity contribution in [3.63, 3.8) is 0 Å². The van der Waals surface area contributed by atoms with Crippen molar-refractivity contribution in [1.82, 2.24) is 9.27 Å². The van der Waals surface area contributed by atoms with E-state index < -0.39 is 23.3 Å². The number of hydrogen-bond acceptors (Lipinski definition) is 7. The highest BCUT2D eigenvalue weighted by Gasteiger charge is 2.24. The van der Waals surface area contributed by atoms with Gasteiger partial charge in [-0.2, -0.15) is 9.64 Å². The summed E-state index contributed by atoms with van der Waals surface area (Å²) in [6.45, 7) is 4.16. The van der Waals surface area contributed by atoms with E-state index in [0.717, 1.165) is 29.4 Å². The molecule has 0 saturated carbocycles. The number of nitriles is 1. The molecule has 1 fully saturated rings. The van der Waals surface area contributed by atoms with Crippen LogP contribution in [0.2, 0.25) is 0 Å². The van der Waals surface area contributed by atoms with E-state index in [1.54, 1.807) is 24.0 Å². The first-order valence-electron chi connectivity index (χ1n) is 9.07. The van der Waals surface area contributed by atoms with Crippen LogP contribution in [0.4, 0.5) is 19.5 Å². The number of nitrogens with one attached hydrogen (secondary N) is 1. The van der Waals surface area contributed by atoms with Gasteiger partial charge in [-0.3, -0.25) is 14.5 Å². The van der Waals surface area contributed by atoms with Gasteiger partial charge in [-0.25, -0.2) is 8.78 Å². The van der Waals surface area contributed by atoms with Gasteiger partial charge in [0.1, 0.15) is 10.7 Å². The number of ketones is 1. The van der Waals surface area contributed by atoms with Crippen molar-refractivity contribution in [2.45, 2.75) is 19.9 Å².